The summed E-state index contributed by atoms with van der Waals surface area (Å²) in [6.45, 7) is 8.99. The number of hydrogen-bond acceptors (Lipinski definition) is 4. The molecule has 31 heavy (non-hydrogen) atoms. The number of aryl methyl sites for hydroxylation is 2. The SMILES string of the molecule is C=C/C=C(\C=NC)c1ccc(C)c(-c2ccc(NCOCc3ccncc3C)cc2)c1.[HH]. The van der Waals surface area contributed by atoms with Crippen molar-refractivity contribution < 1.29 is 6.16 Å². The molecule has 0 unspecified atom stereocenters. The summed E-state index contributed by atoms with van der Waals surface area (Å²) in [5.74, 6) is 0. The molecule has 160 valence electrons. The van der Waals surface area contributed by atoms with Crippen LogP contribution in [-0.4, -0.2) is 25.0 Å². The van der Waals surface area contributed by atoms with Crippen molar-refractivity contribution in [3.05, 3.63) is 102 Å². The van der Waals surface area contributed by atoms with Gasteiger partial charge in [-0.2, -0.15) is 0 Å². The molecule has 0 spiro atoms. The van der Waals surface area contributed by atoms with Gasteiger partial charge in [-0.25, -0.2) is 0 Å². The average Bonchev–Trinajstić information content (AvgIpc) is 2.78. The van der Waals surface area contributed by atoms with Gasteiger partial charge in [0.05, 0.1) is 6.61 Å². The molecule has 0 aliphatic rings. The number of anilines is 1. The van der Waals surface area contributed by atoms with Crippen LogP contribution >= 0.6 is 0 Å². The third-order valence-corrected chi connectivity index (χ3v) is 5.10. The highest BCUT2D eigenvalue weighted by molar-refractivity contribution is 6.10. The lowest BCUT2D eigenvalue weighted by molar-refractivity contribution is 0.138. The van der Waals surface area contributed by atoms with Gasteiger partial charge in [0.2, 0.25) is 0 Å². The minimum absolute atomic E-state index is 0. The Morgan fingerprint density at radius 1 is 1.13 bits per heavy atom. The molecule has 0 saturated carbocycles. The van der Waals surface area contributed by atoms with E-state index in [0.717, 1.165) is 28.0 Å². The number of nitrogens with one attached hydrogen (secondary N) is 1. The number of allylic oxidation sites excluding steroid dienone is 3. The van der Waals surface area contributed by atoms with Crippen LogP contribution in [0.5, 0.6) is 0 Å². The Morgan fingerprint density at radius 2 is 1.94 bits per heavy atom. The minimum atomic E-state index is 0. The molecule has 0 aliphatic heterocycles. The van der Waals surface area contributed by atoms with Crippen molar-refractivity contribution in [2.45, 2.75) is 20.5 Å². The van der Waals surface area contributed by atoms with E-state index < -0.39 is 0 Å². The first-order valence-electron chi connectivity index (χ1n) is 10.3. The summed E-state index contributed by atoms with van der Waals surface area (Å²) in [6, 6.07) is 16.9. The zero-order chi connectivity index (χ0) is 22.1. The van der Waals surface area contributed by atoms with Gasteiger partial charge in [-0.05, 0) is 77.1 Å². The number of rotatable bonds is 9. The summed E-state index contributed by atoms with van der Waals surface area (Å²) in [5, 5.41) is 3.32. The predicted octanol–water partition coefficient (Wildman–Crippen LogP) is 6.47. The maximum Gasteiger partial charge on any atom is 0.116 e. The molecule has 3 aromatic rings. The lowest BCUT2D eigenvalue weighted by Crippen LogP contribution is -2.06. The van der Waals surface area contributed by atoms with Crippen LogP contribution in [-0.2, 0) is 11.3 Å². The fourth-order valence-electron chi connectivity index (χ4n) is 3.32. The van der Waals surface area contributed by atoms with Gasteiger partial charge in [0.25, 0.3) is 0 Å². The highest BCUT2D eigenvalue weighted by Gasteiger charge is 2.06. The van der Waals surface area contributed by atoms with Crippen molar-refractivity contribution in [1.29, 1.82) is 0 Å². The standard InChI is InChI=1S/C27H29N3O.H2/c1-5-6-24(17-28-4)23-8-7-20(2)27(15-23)22-9-11-26(12-10-22)30-19-31-18-25-13-14-29-16-21(25)3;/h5-17,30H,1,18-19H2,2-4H3;1H/b24-6+,28-17?;. The summed E-state index contributed by atoms with van der Waals surface area (Å²) in [6.07, 6.45) is 9.26. The van der Waals surface area contributed by atoms with E-state index in [1.165, 1.54) is 16.7 Å². The normalized spacial score (nSPS) is 11.6. The van der Waals surface area contributed by atoms with Crippen LogP contribution in [0.25, 0.3) is 16.7 Å². The van der Waals surface area contributed by atoms with Crippen molar-refractivity contribution in [2.75, 3.05) is 19.1 Å². The van der Waals surface area contributed by atoms with Crippen LogP contribution in [0, 0.1) is 13.8 Å². The summed E-state index contributed by atoms with van der Waals surface area (Å²) in [4.78, 5) is 8.27. The Balaban J connectivity index is 0.00000363. The maximum absolute atomic E-state index is 5.76. The second-order valence-electron chi connectivity index (χ2n) is 7.32. The summed E-state index contributed by atoms with van der Waals surface area (Å²) >= 11 is 0. The van der Waals surface area contributed by atoms with Crippen molar-refractivity contribution in [2.24, 2.45) is 4.99 Å². The zero-order valence-corrected chi connectivity index (χ0v) is 18.4. The fourth-order valence-corrected chi connectivity index (χ4v) is 3.32. The van der Waals surface area contributed by atoms with Gasteiger partial charge in [0, 0.05) is 32.8 Å². The third kappa shape index (κ3) is 6.00. The Hall–Kier alpha value is -3.50. The van der Waals surface area contributed by atoms with E-state index in [0.29, 0.717) is 13.3 Å². The first kappa shape index (κ1) is 22.2. The molecule has 0 aliphatic carbocycles. The molecule has 0 saturated heterocycles. The lowest BCUT2D eigenvalue weighted by Gasteiger charge is -2.12. The van der Waals surface area contributed by atoms with Crippen molar-refractivity contribution >= 4 is 17.5 Å². The van der Waals surface area contributed by atoms with E-state index in [2.05, 4.69) is 71.3 Å². The number of hydrogen-bond donors (Lipinski definition) is 1. The second kappa shape index (κ2) is 11.0. The van der Waals surface area contributed by atoms with Crippen molar-refractivity contribution in [3.8, 4) is 11.1 Å². The smallest absolute Gasteiger partial charge is 0.116 e. The molecule has 0 radical (unpaired) electrons. The van der Waals surface area contributed by atoms with E-state index in [1.807, 2.05) is 31.5 Å². The quantitative estimate of drug-likeness (QED) is 0.189. The lowest BCUT2D eigenvalue weighted by atomic mass is 9.95. The van der Waals surface area contributed by atoms with Crippen LogP contribution in [0.1, 0.15) is 23.7 Å². The van der Waals surface area contributed by atoms with Gasteiger partial charge in [-0.3, -0.25) is 9.98 Å². The summed E-state index contributed by atoms with van der Waals surface area (Å²) in [7, 11) is 1.78. The summed E-state index contributed by atoms with van der Waals surface area (Å²) < 4.78 is 5.76. The van der Waals surface area contributed by atoms with Gasteiger partial charge in [-0.15, -0.1) is 0 Å². The molecule has 0 amide bonds. The maximum atomic E-state index is 5.76. The number of aromatic nitrogens is 1. The molecule has 0 bridgehead atoms. The van der Waals surface area contributed by atoms with E-state index in [9.17, 15) is 0 Å². The van der Waals surface area contributed by atoms with E-state index in [1.54, 1.807) is 19.3 Å². The minimum Gasteiger partial charge on any atom is -0.363 e. The largest absolute Gasteiger partial charge is 0.363 e. The summed E-state index contributed by atoms with van der Waals surface area (Å²) in [5.41, 5.74) is 9.08. The van der Waals surface area contributed by atoms with E-state index >= 15 is 0 Å². The molecule has 2 aromatic carbocycles. The second-order valence-corrected chi connectivity index (χ2v) is 7.32. The molecule has 0 fully saturated rings. The molecule has 4 nitrogen and oxygen atoms in total. The van der Waals surface area contributed by atoms with Crippen molar-refractivity contribution in [3.63, 3.8) is 0 Å². The Bertz CT molecular complexity index is 1090. The monoisotopic (exact) mass is 413 g/mol. The first-order valence-corrected chi connectivity index (χ1v) is 10.3. The molecule has 0 atom stereocenters. The predicted molar refractivity (Wildman–Crippen MR) is 134 cm³/mol. The Kier molecular flexibility index (Phi) is 7.91. The van der Waals surface area contributed by atoms with Gasteiger partial charge < -0.3 is 10.1 Å². The molecule has 1 aromatic heterocycles. The van der Waals surface area contributed by atoms with Crippen molar-refractivity contribution in [1.82, 2.24) is 4.98 Å². The highest BCUT2D eigenvalue weighted by atomic mass is 16.5. The van der Waals surface area contributed by atoms with Gasteiger partial charge >= 0.3 is 0 Å². The van der Waals surface area contributed by atoms with Crippen LogP contribution < -0.4 is 5.32 Å². The molecular formula is C27H31N3O. The van der Waals surface area contributed by atoms with Crippen LogP contribution in [0.4, 0.5) is 5.69 Å². The van der Waals surface area contributed by atoms with Gasteiger partial charge in [0.1, 0.15) is 6.73 Å². The number of aliphatic imine (C=N–C) groups is 1. The third-order valence-electron chi connectivity index (χ3n) is 5.10. The zero-order valence-electron chi connectivity index (χ0n) is 18.4. The van der Waals surface area contributed by atoms with Crippen LogP contribution in [0.15, 0.2) is 84.6 Å². The first-order chi connectivity index (χ1) is 15.1. The van der Waals surface area contributed by atoms with Crippen LogP contribution in [0.3, 0.4) is 0 Å². The molecule has 3 rings (SSSR count). The fraction of sp³-hybridized carbons (Fsp3) is 0.185. The molecule has 1 heterocycles. The highest BCUT2D eigenvalue weighted by Crippen LogP contribution is 2.28. The number of ether oxygens (including phenoxy) is 1. The Labute approximate surface area is 186 Å². The molecule has 1 N–H and O–H groups in total. The van der Waals surface area contributed by atoms with E-state index in [4.69, 9.17) is 4.74 Å². The topological polar surface area (TPSA) is 46.5 Å². The average molecular weight is 414 g/mol. The number of benzene rings is 2. The molecular weight excluding hydrogens is 382 g/mol. The van der Waals surface area contributed by atoms with Gasteiger partial charge in [0.15, 0.2) is 0 Å². The van der Waals surface area contributed by atoms with Gasteiger partial charge in [-0.1, -0.05) is 43.0 Å². The number of nitrogens with zero attached hydrogens (tertiary/aromatic N) is 2. The molecule has 4 heteroatoms. The number of pyridine rings is 1. The Morgan fingerprint density at radius 3 is 2.65 bits per heavy atom. The van der Waals surface area contributed by atoms with Crippen LogP contribution in [0.2, 0.25) is 0 Å². The van der Waals surface area contributed by atoms with E-state index in [-0.39, 0.29) is 1.43 Å².